The number of hydrogen-bond donors (Lipinski definition) is 1. The highest BCUT2D eigenvalue weighted by Crippen LogP contribution is 2.18. The van der Waals surface area contributed by atoms with E-state index in [9.17, 15) is 0 Å². The van der Waals surface area contributed by atoms with E-state index in [4.69, 9.17) is 4.42 Å². The number of nitrogens with one attached hydrogen (secondary N) is 1. The van der Waals surface area contributed by atoms with Gasteiger partial charge >= 0.3 is 0 Å². The molecular formula is C14H20N2O. The Morgan fingerprint density at radius 1 is 1.35 bits per heavy atom. The molecule has 1 N–H and O–H groups in total. The maximum Gasteiger partial charge on any atom is 0.197 e. The van der Waals surface area contributed by atoms with Crippen LogP contribution >= 0.6 is 0 Å². The summed E-state index contributed by atoms with van der Waals surface area (Å²) in [6.07, 6.45) is 1.87. The summed E-state index contributed by atoms with van der Waals surface area (Å²) in [7, 11) is 0. The Hall–Kier alpha value is -1.35. The SMILES string of the molecule is CCNC(C)Cc1nc2cc(CC)ccc2o1. The van der Waals surface area contributed by atoms with E-state index in [1.807, 2.05) is 6.07 Å². The number of rotatable bonds is 5. The molecule has 3 heteroatoms. The Morgan fingerprint density at radius 2 is 2.18 bits per heavy atom. The van der Waals surface area contributed by atoms with E-state index in [0.717, 1.165) is 36.4 Å². The fourth-order valence-electron chi connectivity index (χ4n) is 2.01. The van der Waals surface area contributed by atoms with Gasteiger partial charge in [-0.05, 0) is 37.6 Å². The largest absolute Gasteiger partial charge is 0.441 e. The summed E-state index contributed by atoms with van der Waals surface area (Å²) in [5.74, 6) is 0.821. The number of aryl methyl sites for hydroxylation is 1. The van der Waals surface area contributed by atoms with Gasteiger partial charge in [-0.2, -0.15) is 0 Å². The lowest BCUT2D eigenvalue weighted by molar-refractivity contribution is 0.469. The molecule has 0 spiro atoms. The van der Waals surface area contributed by atoms with Gasteiger partial charge in [-0.3, -0.25) is 0 Å². The van der Waals surface area contributed by atoms with Crippen molar-refractivity contribution >= 4 is 11.1 Å². The van der Waals surface area contributed by atoms with Gasteiger partial charge < -0.3 is 9.73 Å². The smallest absolute Gasteiger partial charge is 0.197 e. The van der Waals surface area contributed by atoms with Crippen LogP contribution in [-0.2, 0) is 12.8 Å². The van der Waals surface area contributed by atoms with Gasteiger partial charge in [0.2, 0.25) is 0 Å². The molecule has 1 unspecified atom stereocenters. The number of nitrogens with zero attached hydrogens (tertiary/aromatic N) is 1. The summed E-state index contributed by atoms with van der Waals surface area (Å²) in [6, 6.07) is 6.63. The lowest BCUT2D eigenvalue weighted by Crippen LogP contribution is -2.27. The van der Waals surface area contributed by atoms with Crippen molar-refractivity contribution in [2.24, 2.45) is 0 Å². The molecule has 92 valence electrons. The lowest BCUT2D eigenvalue weighted by Gasteiger charge is -2.08. The van der Waals surface area contributed by atoms with Crippen molar-refractivity contribution in [3.63, 3.8) is 0 Å². The van der Waals surface area contributed by atoms with Gasteiger partial charge in [0, 0.05) is 12.5 Å². The highest BCUT2D eigenvalue weighted by atomic mass is 16.3. The minimum atomic E-state index is 0.402. The van der Waals surface area contributed by atoms with E-state index in [1.54, 1.807) is 0 Å². The summed E-state index contributed by atoms with van der Waals surface area (Å²) < 4.78 is 5.73. The van der Waals surface area contributed by atoms with Crippen molar-refractivity contribution in [3.8, 4) is 0 Å². The van der Waals surface area contributed by atoms with Crippen molar-refractivity contribution in [2.45, 2.75) is 39.7 Å². The first-order chi connectivity index (χ1) is 8.22. The molecule has 0 amide bonds. The monoisotopic (exact) mass is 232 g/mol. The normalized spacial score (nSPS) is 13.1. The standard InChI is InChI=1S/C14H20N2O/c1-4-11-6-7-13-12(9-11)16-14(17-13)8-10(3)15-5-2/h6-7,9-10,15H,4-5,8H2,1-3H3. The van der Waals surface area contributed by atoms with Crippen LogP contribution in [0.2, 0.25) is 0 Å². The van der Waals surface area contributed by atoms with Gasteiger partial charge in [-0.15, -0.1) is 0 Å². The van der Waals surface area contributed by atoms with Gasteiger partial charge in [-0.25, -0.2) is 4.98 Å². The zero-order chi connectivity index (χ0) is 12.3. The van der Waals surface area contributed by atoms with E-state index in [0.29, 0.717) is 6.04 Å². The summed E-state index contributed by atoms with van der Waals surface area (Å²) >= 11 is 0. The lowest BCUT2D eigenvalue weighted by atomic mass is 10.1. The minimum absolute atomic E-state index is 0.402. The summed E-state index contributed by atoms with van der Waals surface area (Å²) in [5, 5.41) is 3.36. The Morgan fingerprint density at radius 3 is 2.88 bits per heavy atom. The second kappa shape index (κ2) is 5.32. The molecule has 0 fully saturated rings. The molecule has 0 radical (unpaired) electrons. The predicted molar refractivity (Wildman–Crippen MR) is 70.2 cm³/mol. The van der Waals surface area contributed by atoms with Crippen LogP contribution in [-0.4, -0.2) is 17.6 Å². The van der Waals surface area contributed by atoms with Crippen LogP contribution in [0.15, 0.2) is 22.6 Å². The first-order valence-electron chi connectivity index (χ1n) is 6.34. The van der Waals surface area contributed by atoms with Gasteiger partial charge in [0.25, 0.3) is 0 Å². The molecule has 1 atom stereocenters. The Balaban J connectivity index is 2.19. The van der Waals surface area contributed by atoms with E-state index >= 15 is 0 Å². The van der Waals surface area contributed by atoms with Crippen molar-refractivity contribution in [2.75, 3.05) is 6.54 Å². The zero-order valence-corrected chi connectivity index (χ0v) is 10.8. The fraction of sp³-hybridized carbons (Fsp3) is 0.500. The molecule has 0 saturated heterocycles. The van der Waals surface area contributed by atoms with Crippen molar-refractivity contribution in [1.29, 1.82) is 0 Å². The highest BCUT2D eigenvalue weighted by Gasteiger charge is 2.09. The van der Waals surface area contributed by atoms with Crippen LogP contribution < -0.4 is 5.32 Å². The molecule has 17 heavy (non-hydrogen) atoms. The predicted octanol–water partition coefficient (Wildman–Crippen LogP) is 2.93. The molecule has 1 aromatic heterocycles. The maximum atomic E-state index is 5.73. The van der Waals surface area contributed by atoms with Crippen molar-refractivity contribution < 1.29 is 4.42 Å². The fourth-order valence-corrected chi connectivity index (χ4v) is 2.01. The van der Waals surface area contributed by atoms with Crippen LogP contribution in [0.1, 0.15) is 32.2 Å². The topological polar surface area (TPSA) is 38.1 Å². The first kappa shape index (κ1) is 12.1. The number of aromatic nitrogens is 1. The highest BCUT2D eigenvalue weighted by molar-refractivity contribution is 5.73. The van der Waals surface area contributed by atoms with Crippen LogP contribution in [0.25, 0.3) is 11.1 Å². The molecule has 0 saturated carbocycles. The van der Waals surface area contributed by atoms with E-state index in [1.165, 1.54) is 5.56 Å². The van der Waals surface area contributed by atoms with Gasteiger partial charge in [0.1, 0.15) is 5.52 Å². The van der Waals surface area contributed by atoms with Crippen LogP contribution in [0.3, 0.4) is 0 Å². The average molecular weight is 232 g/mol. The number of oxazole rings is 1. The molecule has 0 aliphatic carbocycles. The molecule has 0 aliphatic heterocycles. The third kappa shape index (κ3) is 2.86. The number of hydrogen-bond acceptors (Lipinski definition) is 3. The summed E-state index contributed by atoms with van der Waals surface area (Å²) in [5.41, 5.74) is 3.17. The van der Waals surface area contributed by atoms with Gasteiger partial charge in [0.15, 0.2) is 11.5 Å². The van der Waals surface area contributed by atoms with E-state index in [2.05, 4.69) is 43.2 Å². The number of benzene rings is 1. The second-order valence-electron chi connectivity index (χ2n) is 4.43. The molecule has 3 nitrogen and oxygen atoms in total. The van der Waals surface area contributed by atoms with Crippen LogP contribution in [0.4, 0.5) is 0 Å². The summed E-state index contributed by atoms with van der Waals surface area (Å²) in [4.78, 5) is 4.54. The summed E-state index contributed by atoms with van der Waals surface area (Å²) in [6.45, 7) is 7.38. The van der Waals surface area contributed by atoms with Gasteiger partial charge in [0.05, 0.1) is 0 Å². The third-order valence-corrected chi connectivity index (χ3v) is 2.94. The van der Waals surface area contributed by atoms with Crippen molar-refractivity contribution in [3.05, 3.63) is 29.7 Å². The van der Waals surface area contributed by atoms with Crippen LogP contribution in [0, 0.1) is 0 Å². The quantitative estimate of drug-likeness (QED) is 0.861. The Bertz CT molecular complexity index is 490. The Kier molecular flexibility index (Phi) is 3.79. The van der Waals surface area contributed by atoms with Gasteiger partial charge in [-0.1, -0.05) is 19.9 Å². The average Bonchev–Trinajstić information content (AvgIpc) is 2.69. The minimum Gasteiger partial charge on any atom is -0.441 e. The number of likely N-dealkylation sites (N-methyl/N-ethyl adjacent to an activating group) is 1. The Labute approximate surface area is 102 Å². The molecular weight excluding hydrogens is 212 g/mol. The second-order valence-corrected chi connectivity index (χ2v) is 4.43. The molecule has 0 aliphatic rings. The third-order valence-electron chi connectivity index (χ3n) is 2.94. The van der Waals surface area contributed by atoms with E-state index in [-0.39, 0.29) is 0 Å². The van der Waals surface area contributed by atoms with E-state index < -0.39 is 0 Å². The zero-order valence-electron chi connectivity index (χ0n) is 10.8. The number of fused-ring (bicyclic) bond motifs is 1. The molecule has 0 bridgehead atoms. The van der Waals surface area contributed by atoms with Crippen LogP contribution in [0.5, 0.6) is 0 Å². The molecule has 1 aromatic carbocycles. The molecule has 2 rings (SSSR count). The molecule has 2 aromatic rings. The first-order valence-corrected chi connectivity index (χ1v) is 6.34. The van der Waals surface area contributed by atoms with Crippen molar-refractivity contribution in [1.82, 2.24) is 10.3 Å². The maximum absolute atomic E-state index is 5.73. The molecule has 1 heterocycles.